The van der Waals surface area contributed by atoms with Gasteiger partial charge in [-0.2, -0.15) is 0 Å². The van der Waals surface area contributed by atoms with Gasteiger partial charge in [0.05, 0.1) is 12.1 Å². The molecule has 1 amide bonds. The van der Waals surface area contributed by atoms with Crippen molar-refractivity contribution in [2.24, 2.45) is 0 Å². The third kappa shape index (κ3) is 2.44. The average molecular weight is 185 g/mol. The minimum absolute atomic E-state index is 0.133. The van der Waals surface area contributed by atoms with Crippen molar-refractivity contribution in [1.29, 1.82) is 0 Å². The van der Waals surface area contributed by atoms with E-state index in [0.717, 1.165) is 12.8 Å². The molecule has 0 bridgehead atoms. The van der Waals surface area contributed by atoms with E-state index >= 15 is 0 Å². The number of amides is 1. The zero-order valence-electron chi connectivity index (χ0n) is 8.75. The normalized spacial score (nSPS) is 28.5. The Balaban J connectivity index is 2.58. The highest BCUT2D eigenvalue weighted by atomic mass is 16.5. The minimum atomic E-state index is 0.133. The smallest absolute Gasteiger partial charge is 0.219 e. The van der Waals surface area contributed by atoms with Crippen LogP contribution in [0.2, 0.25) is 0 Å². The van der Waals surface area contributed by atoms with Gasteiger partial charge in [-0.3, -0.25) is 4.79 Å². The maximum Gasteiger partial charge on any atom is 0.219 e. The summed E-state index contributed by atoms with van der Waals surface area (Å²) in [7, 11) is 3.60. The standard InChI is InChI=1S/C10H19NO2/c1-8(12)11(2)9-6-4-5-7-10(9)13-3/h9-10H,4-7H2,1-3H3/t9-,10+/m0/s1. The third-order valence-electron chi connectivity index (χ3n) is 2.96. The van der Waals surface area contributed by atoms with E-state index in [1.54, 1.807) is 14.0 Å². The molecule has 3 nitrogen and oxygen atoms in total. The number of rotatable bonds is 2. The topological polar surface area (TPSA) is 29.5 Å². The van der Waals surface area contributed by atoms with Crippen molar-refractivity contribution < 1.29 is 9.53 Å². The van der Waals surface area contributed by atoms with E-state index < -0.39 is 0 Å². The molecule has 1 rings (SSSR count). The van der Waals surface area contributed by atoms with E-state index in [9.17, 15) is 4.79 Å². The third-order valence-corrected chi connectivity index (χ3v) is 2.96. The Morgan fingerprint density at radius 2 is 2.00 bits per heavy atom. The van der Waals surface area contributed by atoms with Crippen molar-refractivity contribution in [3.8, 4) is 0 Å². The molecule has 0 heterocycles. The summed E-state index contributed by atoms with van der Waals surface area (Å²) in [5.41, 5.74) is 0. The van der Waals surface area contributed by atoms with E-state index in [4.69, 9.17) is 4.74 Å². The van der Waals surface area contributed by atoms with Gasteiger partial charge in [0.2, 0.25) is 5.91 Å². The summed E-state index contributed by atoms with van der Waals surface area (Å²) in [6.45, 7) is 1.61. The summed E-state index contributed by atoms with van der Waals surface area (Å²) >= 11 is 0. The van der Waals surface area contributed by atoms with Crippen molar-refractivity contribution in [2.45, 2.75) is 44.8 Å². The monoisotopic (exact) mass is 185 g/mol. The Labute approximate surface area is 80.1 Å². The Hall–Kier alpha value is -0.570. The lowest BCUT2D eigenvalue weighted by molar-refractivity contribution is -0.133. The van der Waals surface area contributed by atoms with Crippen LogP contribution in [0.5, 0.6) is 0 Å². The molecule has 76 valence electrons. The Morgan fingerprint density at radius 1 is 1.38 bits per heavy atom. The van der Waals surface area contributed by atoms with Crippen LogP contribution in [0.25, 0.3) is 0 Å². The predicted octanol–water partition coefficient (Wildman–Crippen LogP) is 1.42. The van der Waals surface area contributed by atoms with Crippen LogP contribution < -0.4 is 0 Å². The molecule has 2 atom stereocenters. The van der Waals surface area contributed by atoms with Crippen molar-refractivity contribution in [2.75, 3.05) is 14.2 Å². The number of methoxy groups -OCH3 is 1. The number of ether oxygens (including phenoxy) is 1. The van der Waals surface area contributed by atoms with Crippen LogP contribution in [0, 0.1) is 0 Å². The number of hydrogen-bond donors (Lipinski definition) is 0. The summed E-state index contributed by atoms with van der Waals surface area (Å²) in [6.07, 6.45) is 4.83. The summed E-state index contributed by atoms with van der Waals surface area (Å²) in [5, 5.41) is 0. The second-order valence-electron chi connectivity index (χ2n) is 3.76. The highest BCUT2D eigenvalue weighted by Gasteiger charge is 2.29. The quantitative estimate of drug-likeness (QED) is 0.651. The molecule has 1 aliphatic rings. The molecular formula is C10H19NO2. The number of likely N-dealkylation sites (N-methyl/N-ethyl adjacent to an activating group) is 1. The largest absolute Gasteiger partial charge is 0.379 e. The van der Waals surface area contributed by atoms with Gasteiger partial charge in [-0.05, 0) is 12.8 Å². The summed E-state index contributed by atoms with van der Waals surface area (Å²) < 4.78 is 5.38. The SMILES string of the molecule is CO[C@@H]1CCCC[C@@H]1N(C)C(C)=O. The van der Waals surface area contributed by atoms with Gasteiger partial charge in [0.25, 0.3) is 0 Å². The number of carbonyl (C=O) groups excluding carboxylic acids is 1. The lowest BCUT2D eigenvalue weighted by Gasteiger charge is -2.36. The highest BCUT2D eigenvalue weighted by Crippen LogP contribution is 2.24. The van der Waals surface area contributed by atoms with Gasteiger partial charge in [-0.25, -0.2) is 0 Å². The molecule has 1 fully saturated rings. The molecule has 0 aliphatic heterocycles. The fraction of sp³-hybridized carbons (Fsp3) is 0.900. The van der Waals surface area contributed by atoms with Crippen LogP contribution in [0.4, 0.5) is 0 Å². The van der Waals surface area contributed by atoms with E-state index in [1.165, 1.54) is 12.8 Å². The minimum Gasteiger partial charge on any atom is -0.379 e. The summed E-state index contributed by atoms with van der Waals surface area (Å²) in [6, 6.07) is 0.288. The van der Waals surface area contributed by atoms with E-state index in [-0.39, 0.29) is 18.1 Å². The molecule has 0 aromatic carbocycles. The van der Waals surface area contributed by atoms with Gasteiger partial charge in [0, 0.05) is 21.1 Å². The first kappa shape index (κ1) is 10.5. The molecule has 13 heavy (non-hydrogen) atoms. The van der Waals surface area contributed by atoms with Crippen LogP contribution in [-0.2, 0) is 9.53 Å². The van der Waals surface area contributed by atoms with Crippen molar-refractivity contribution in [3.05, 3.63) is 0 Å². The molecule has 0 N–H and O–H groups in total. The van der Waals surface area contributed by atoms with Gasteiger partial charge >= 0.3 is 0 Å². The Bertz CT molecular complexity index is 182. The molecule has 0 aromatic rings. The van der Waals surface area contributed by atoms with Crippen LogP contribution in [0.3, 0.4) is 0 Å². The Kier molecular flexibility index (Phi) is 3.72. The fourth-order valence-electron chi connectivity index (χ4n) is 2.03. The predicted molar refractivity (Wildman–Crippen MR) is 51.5 cm³/mol. The lowest BCUT2D eigenvalue weighted by Crippen LogP contribution is -2.46. The number of carbonyl (C=O) groups is 1. The van der Waals surface area contributed by atoms with Crippen LogP contribution in [-0.4, -0.2) is 37.1 Å². The first-order valence-electron chi connectivity index (χ1n) is 4.93. The second-order valence-corrected chi connectivity index (χ2v) is 3.76. The van der Waals surface area contributed by atoms with Gasteiger partial charge in [0.1, 0.15) is 0 Å². The molecule has 0 aromatic heterocycles. The maximum atomic E-state index is 11.2. The first-order valence-corrected chi connectivity index (χ1v) is 4.93. The summed E-state index contributed by atoms with van der Waals surface area (Å²) in [4.78, 5) is 13.0. The van der Waals surface area contributed by atoms with Crippen molar-refractivity contribution in [3.63, 3.8) is 0 Å². The summed E-state index contributed by atoms with van der Waals surface area (Å²) in [5.74, 6) is 0.133. The molecule has 1 aliphatic carbocycles. The molecule has 3 heteroatoms. The van der Waals surface area contributed by atoms with Crippen molar-refractivity contribution >= 4 is 5.91 Å². The number of hydrogen-bond acceptors (Lipinski definition) is 2. The second kappa shape index (κ2) is 4.61. The van der Waals surface area contributed by atoms with Crippen LogP contribution in [0.15, 0.2) is 0 Å². The fourth-order valence-corrected chi connectivity index (χ4v) is 2.03. The molecule has 0 saturated heterocycles. The zero-order chi connectivity index (χ0) is 9.84. The lowest BCUT2D eigenvalue weighted by atomic mass is 9.91. The van der Waals surface area contributed by atoms with E-state index in [0.29, 0.717) is 0 Å². The maximum absolute atomic E-state index is 11.2. The molecule has 0 unspecified atom stereocenters. The highest BCUT2D eigenvalue weighted by molar-refractivity contribution is 5.73. The van der Waals surface area contributed by atoms with Crippen molar-refractivity contribution in [1.82, 2.24) is 4.90 Å². The van der Waals surface area contributed by atoms with Gasteiger partial charge < -0.3 is 9.64 Å². The Morgan fingerprint density at radius 3 is 2.54 bits per heavy atom. The van der Waals surface area contributed by atoms with E-state index in [2.05, 4.69) is 0 Å². The van der Waals surface area contributed by atoms with Crippen LogP contribution in [0.1, 0.15) is 32.6 Å². The van der Waals surface area contributed by atoms with Gasteiger partial charge in [-0.15, -0.1) is 0 Å². The van der Waals surface area contributed by atoms with E-state index in [1.807, 2.05) is 11.9 Å². The molecule has 1 saturated carbocycles. The average Bonchev–Trinajstić information content (AvgIpc) is 2.16. The first-order chi connectivity index (χ1) is 6.16. The van der Waals surface area contributed by atoms with Gasteiger partial charge in [0.15, 0.2) is 0 Å². The van der Waals surface area contributed by atoms with Gasteiger partial charge in [-0.1, -0.05) is 12.8 Å². The molecule has 0 spiro atoms. The zero-order valence-corrected chi connectivity index (χ0v) is 8.75. The van der Waals surface area contributed by atoms with Crippen LogP contribution >= 0.6 is 0 Å². The molecule has 0 radical (unpaired) electrons. The molecular weight excluding hydrogens is 166 g/mol. The number of nitrogens with zero attached hydrogens (tertiary/aromatic N) is 1.